The highest BCUT2D eigenvalue weighted by Crippen LogP contribution is 2.06. The fraction of sp³-hybridized carbons (Fsp3) is 0.818. The van der Waals surface area contributed by atoms with Gasteiger partial charge in [0.2, 0.25) is 5.91 Å². The molecule has 0 aromatic rings. The van der Waals surface area contributed by atoms with Crippen molar-refractivity contribution in [1.29, 1.82) is 0 Å². The second-order valence-corrected chi connectivity index (χ2v) is 4.38. The van der Waals surface area contributed by atoms with Crippen molar-refractivity contribution in [2.24, 2.45) is 0 Å². The average Bonchev–Trinajstić information content (AvgIpc) is 2.34. The first kappa shape index (κ1) is 13.8. The molecule has 1 heterocycles. The van der Waals surface area contributed by atoms with Crippen molar-refractivity contribution in [3.05, 3.63) is 0 Å². The van der Waals surface area contributed by atoms with Crippen molar-refractivity contribution in [2.75, 3.05) is 40.3 Å². The van der Waals surface area contributed by atoms with Gasteiger partial charge in [0, 0.05) is 40.3 Å². The molecular weight excluding hydrogens is 220 g/mol. The third kappa shape index (κ3) is 3.59. The second kappa shape index (κ2) is 6.44. The van der Waals surface area contributed by atoms with Crippen LogP contribution in [0.5, 0.6) is 0 Å². The molecule has 1 aliphatic rings. The highest BCUT2D eigenvalue weighted by molar-refractivity contribution is 5.87. The van der Waals surface area contributed by atoms with Crippen molar-refractivity contribution < 1.29 is 9.59 Å². The predicted molar refractivity (Wildman–Crippen MR) is 65.7 cm³/mol. The molecular formula is C11H22N4O2. The van der Waals surface area contributed by atoms with Gasteiger partial charge in [0.25, 0.3) is 0 Å². The van der Waals surface area contributed by atoms with E-state index in [-0.39, 0.29) is 11.9 Å². The van der Waals surface area contributed by atoms with Gasteiger partial charge in [0.15, 0.2) is 0 Å². The van der Waals surface area contributed by atoms with E-state index in [9.17, 15) is 9.59 Å². The molecule has 98 valence electrons. The lowest BCUT2D eigenvalue weighted by Gasteiger charge is -2.36. The standard InChI is InChI=1S/C11H22N4O2/c1-4-5-13-11(17)15-7-6-12-8-9(15)10(16)14(2)3/h9,12H,4-8H2,1-3H3,(H,13,17). The van der Waals surface area contributed by atoms with Gasteiger partial charge in [-0.3, -0.25) is 4.79 Å². The van der Waals surface area contributed by atoms with Crippen molar-refractivity contribution in [3.8, 4) is 0 Å². The number of urea groups is 1. The minimum absolute atomic E-state index is 0.0381. The lowest BCUT2D eigenvalue weighted by atomic mass is 10.2. The van der Waals surface area contributed by atoms with Crippen molar-refractivity contribution >= 4 is 11.9 Å². The Morgan fingerprint density at radius 3 is 2.76 bits per heavy atom. The molecule has 0 bridgehead atoms. The Morgan fingerprint density at radius 2 is 2.18 bits per heavy atom. The van der Waals surface area contributed by atoms with E-state index in [4.69, 9.17) is 0 Å². The molecule has 0 aromatic carbocycles. The summed E-state index contributed by atoms with van der Waals surface area (Å²) >= 11 is 0. The summed E-state index contributed by atoms with van der Waals surface area (Å²) in [5.41, 5.74) is 0. The Morgan fingerprint density at radius 1 is 1.47 bits per heavy atom. The number of likely N-dealkylation sites (N-methyl/N-ethyl adjacent to an activating group) is 1. The lowest BCUT2D eigenvalue weighted by Crippen LogP contribution is -2.61. The molecule has 0 spiro atoms. The monoisotopic (exact) mass is 242 g/mol. The fourth-order valence-corrected chi connectivity index (χ4v) is 1.80. The van der Waals surface area contributed by atoms with Crippen LogP contribution in [0, 0.1) is 0 Å². The smallest absolute Gasteiger partial charge is 0.318 e. The summed E-state index contributed by atoms with van der Waals surface area (Å²) in [6, 6.07) is -0.538. The van der Waals surface area contributed by atoms with Crippen LogP contribution >= 0.6 is 0 Å². The normalized spacial score (nSPS) is 19.9. The molecule has 0 aliphatic carbocycles. The van der Waals surface area contributed by atoms with E-state index in [1.165, 1.54) is 4.90 Å². The van der Waals surface area contributed by atoms with E-state index in [2.05, 4.69) is 10.6 Å². The van der Waals surface area contributed by atoms with Crippen molar-refractivity contribution in [1.82, 2.24) is 20.4 Å². The predicted octanol–water partition coefficient (Wildman–Crippen LogP) is -0.532. The van der Waals surface area contributed by atoms with Crippen LogP contribution in [0.15, 0.2) is 0 Å². The highest BCUT2D eigenvalue weighted by atomic mass is 16.2. The third-order valence-electron chi connectivity index (χ3n) is 2.76. The first-order valence-electron chi connectivity index (χ1n) is 6.04. The van der Waals surface area contributed by atoms with Gasteiger partial charge in [-0.2, -0.15) is 0 Å². The summed E-state index contributed by atoms with van der Waals surface area (Å²) in [5.74, 6) is -0.0381. The second-order valence-electron chi connectivity index (χ2n) is 4.38. The van der Waals surface area contributed by atoms with Gasteiger partial charge in [-0.15, -0.1) is 0 Å². The van der Waals surface area contributed by atoms with Crippen LogP contribution in [0.25, 0.3) is 0 Å². The molecule has 17 heavy (non-hydrogen) atoms. The van der Waals surface area contributed by atoms with Crippen LogP contribution in [0.3, 0.4) is 0 Å². The molecule has 2 N–H and O–H groups in total. The van der Waals surface area contributed by atoms with Crippen LogP contribution in [0.2, 0.25) is 0 Å². The van der Waals surface area contributed by atoms with E-state index in [0.29, 0.717) is 19.6 Å². The molecule has 6 heteroatoms. The maximum absolute atomic E-state index is 12.0. The quantitative estimate of drug-likeness (QED) is 0.699. The maximum Gasteiger partial charge on any atom is 0.318 e. The first-order chi connectivity index (χ1) is 8.07. The topological polar surface area (TPSA) is 64.7 Å². The lowest BCUT2D eigenvalue weighted by molar-refractivity contribution is -0.133. The molecule has 6 nitrogen and oxygen atoms in total. The minimum Gasteiger partial charge on any atom is -0.347 e. The van der Waals surface area contributed by atoms with Gasteiger partial charge in [-0.05, 0) is 6.42 Å². The van der Waals surface area contributed by atoms with Crippen LogP contribution < -0.4 is 10.6 Å². The molecule has 1 saturated heterocycles. The minimum atomic E-state index is -0.393. The number of rotatable bonds is 3. The molecule has 0 radical (unpaired) electrons. The number of carbonyl (C=O) groups excluding carboxylic acids is 2. The third-order valence-corrected chi connectivity index (χ3v) is 2.76. The largest absolute Gasteiger partial charge is 0.347 e. The SMILES string of the molecule is CCCNC(=O)N1CCNCC1C(=O)N(C)C. The Bertz CT molecular complexity index is 281. The summed E-state index contributed by atoms with van der Waals surface area (Å²) in [6.45, 7) is 4.47. The van der Waals surface area contributed by atoms with Gasteiger partial charge in [-0.1, -0.05) is 6.92 Å². The van der Waals surface area contributed by atoms with Crippen LogP contribution in [0.1, 0.15) is 13.3 Å². The van der Waals surface area contributed by atoms with Gasteiger partial charge in [-0.25, -0.2) is 4.79 Å². The first-order valence-corrected chi connectivity index (χ1v) is 6.04. The number of carbonyl (C=O) groups is 2. The summed E-state index contributed by atoms with van der Waals surface area (Å²) in [4.78, 5) is 27.0. The Balaban J connectivity index is 2.65. The van der Waals surface area contributed by atoms with E-state index in [1.807, 2.05) is 6.92 Å². The van der Waals surface area contributed by atoms with Gasteiger partial charge in [0.1, 0.15) is 6.04 Å². The van der Waals surface area contributed by atoms with E-state index >= 15 is 0 Å². The van der Waals surface area contributed by atoms with Crippen molar-refractivity contribution in [2.45, 2.75) is 19.4 Å². The number of hydrogen-bond acceptors (Lipinski definition) is 3. The Hall–Kier alpha value is -1.30. The van der Waals surface area contributed by atoms with E-state index < -0.39 is 6.04 Å². The number of amides is 3. The summed E-state index contributed by atoms with van der Waals surface area (Å²) in [6.07, 6.45) is 0.893. The number of nitrogens with one attached hydrogen (secondary N) is 2. The zero-order chi connectivity index (χ0) is 12.8. The van der Waals surface area contributed by atoms with Gasteiger partial charge >= 0.3 is 6.03 Å². The molecule has 1 aliphatic heterocycles. The van der Waals surface area contributed by atoms with E-state index in [1.54, 1.807) is 19.0 Å². The summed E-state index contributed by atoms with van der Waals surface area (Å²) in [7, 11) is 3.41. The van der Waals surface area contributed by atoms with E-state index in [0.717, 1.165) is 13.0 Å². The van der Waals surface area contributed by atoms with Crippen LogP contribution in [-0.4, -0.2) is 68.1 Å². The zero-order valence-electron chi connectivity index (χ0n) is 10.8. The molecule has 0 saturated carbocycles. The average molecular weight is 242 g/mol. The van der Waals surface area contributed by atoms with Crippen LogP contribution in [-0.2, 0) is 4.79 Å². The number of hydrogen-bond donors (Lipinski definition) is 2. The molecule has 0 aromatic heterocycles. The zero-order valence-corrected chi connectivity index (χ0v) is 10.8. The highest BCUT2D eigenvalue weighted by Gasteiger charge is 2.32. The molecule has 1 rings (SSSR count). The fourth-order valence-electron chi connectivity index (χ4n) is 1.80. The molecule has 3 amide bonds. The summed E-state index contributed by atoms with van der Waals surface area (Å²) < 4.78 is 0. The Kier molecular flexibility index (Phi) is 5.21. The van der Waals surface area contributed by atoms with Gasteiger partial charge in [0.05, 0.1) is 0 Å². The number of piperazine rings is 1. The number of nitrogens with zero attached hydrogens (tertiary/aromatic N) is 2. The molecule has 1 atom stereocenters. The van der Waals surface area contributed by atoms with Crippen LogP contribution in [0.4, 0.5) is 4.79 Å². The Labute approximate surface area is 102 Å². The van der Waals surface area contributed by atoms with Crippen molar-refractivity contribution in [3.63, 3.8) is 0 Å². The van der Waals surface area contributed by atoms with Gasteiger partial charge < -0.3 is 20.4 Å². The maximum atomic E-state index is 12.0. The summed E-state index contributed by atoms with van der Waals surface area (Å²) in [5, 5.41) is 5.96. The molecule has 1 fully saturated rings. The molecule has 1 unspecified atom stereocenters.